The maximum absolute atomic E-state index is 13.8. The molecule has 6 heteroatoms. The average molecular weight is 272 g/mol. The molecule has 0 radical (unpaired) electrons. The van der Waals surface area contributed by atoms with E-state index in [0.717, 1.165) is 4.90 Å². The summed E-state index contributed by atoms with van der Waals surface area (Å²) in [6.45, 7) is 1.65. The predicted molar refractivity (Wildman–Crippen MR) is 64.2 cm³/mol. The molecule has 1 saturated heterocycles. The van der Waals surface area contributed by atoms with Crippen LogP contribution >= 0.6 is 11.6 Å². The fourth-order valence-corrected chi connectivity index (χ4v) is 2.23. The smallest absolute Gasteiger partial charge is 0.308 e. The van der Waals surface area contributed by atoms with Gasteiger partial charge in [-0.25, -0.2) is 4.39 Å². The highest BCUT2D eigenvalue weighted by Gasteiger charge is 2.37. The van der Waals surface area contributed by atoms with E-state index >= 15 is 0 Å². The quantitative estimate of drug-likeness (QED) is 0.897. The molecule has 1 atom stereocenters. The van der Waals surface area contributed by atoms with Crippen LogP contribution in [-0.4, -0.2) is 23.5 Å². The molecule has 1 heterocycles. The Bertz CT molecular complexity index is 532. The highest BCUT2D eigenvalue weighted by Crippen LogP contribution is 2.35. The average Bonchev–Trinajstić information content (AvgIpc) is 2.67. The van der Waals surface area contributed by atoms with Crippen molar-refractivity contribution < 1.29 is 19.1 Å². The molecule has 18 heavy (non-hydrogen) atoms. The predicted octanol–water partition coefficient (Wildman–Crippen LogP) is 2.23. The van der Waals surface area contributed by atoms with Crippen molar-refractivity contribution in [1.29, 1.82) is 0 Å². The molecule has 1 aromatic rings. The third-order valence-electron chi connectivity index (χ3n) is 3.00. The molecule has 4 nitrogen and oxygen atoms in total. The van der Waals surface area contributed by atoms with Gasteiger partial charge in [-0.1, -0.05) is 17.7 Å². The van der Waals surface area contributed by atoms with E-state index in [2.05, 4.69) is 0 Å². The monoisotopic (exact) mass is 271 g/mol. The van der Waals surface area contributed by atoms with Gasteiger partial charge in [0.15, 0.2) is 0 Å². The molecule has 96 valence electrons. The van der Waals surface area contributed by atoms with Gasteiger partial charge in [0.2, 0.25) is 5.91 Å². The molecule has 0 bridgehead atoms. The fraction of sp³-hybridized carbons (Fsp3) is 0.333. The van der Waals surface area contributed by atoms with E-state index in [1.165, 1.54) is 12.1 Å². The van der Waals surface area contributed by atoms with E-state index in [9.17, 15) is 14.0 Å². The Labute approximate surface area is 108 Å². The number of aryl methyl sites for hydroxylation is 1. The van der Waals surface area contributed by atoms with Gasteiger partial charge >= 0.3 is 5.97 Å². The fourth-order valence-electron chi connectivity index (χ4n) is 1.98. The van der Waals surface area contributed by atoms with Crippen LogP contribution in [0.3, 0.4) is 0 Å². The minimum Gasteiger partial charge on any atom is -0.481 e. The standard InChI is InChI=1S/C12H11ClFNO3/c1-6-2-3-8(14)11(10(6)13)15-5-7(12(17)18)4-9(15)16/h2-3,7H,4-5H2,1H3,(H,17,18). The second-order valence-electron chi connectivity index (χ2n) is 4.27. The molecule has 1 aromatic carbocycles. The minimum absolute atomic E-state index is 0.0228. The SMILES string of the molecule is Cc1ccc(F)c(N2CC(C(=O)O)CC2=O)c1Cl. The summed E-state index contributed by atoms with van der Waals surface area (Å²) < 4.78 is 13.8. The molecule has 1 N–H and O–H groups in total. The van der Waals surface area contributed by atoms with Gasteiger partial charge in [-0.05, 0) is 18.6 Å². The zero-order chi connectivity index (χ0) is 13.4. The normalized spacial score (nSPS) is 19.4. The van der Waals surface area contributed by atoms with E-state index in [4.69, 9.17) is 16.7 Å². The Hall–Kier alpha value is -1.62. The third kappa shape index (κ3) is 2.06. The van der Waals surface area contributed by atoms with Crippen LogP contribution < -0.4 is 4.90 Å². The van der Waals surface area contributed by atoms with Gasteiger partial charge in [-0.15, -0.1) is 0 Å². The van der Waals surface area contributed by atoms with E-state index in [-0.39, 0.29) is 23.7 Å². The Morgan fingerprint density at radius 1 is 1.56 bits per heavy atom. The Balaban J connectivity index is 2.41. The van der Waals surface area contributed by atoms with E-state index in [0.29, 0.717) is 5.56 Å². The number of hydrogen-bond donors (Lipinski definition) is 1. The summed E-state index contributed by atoms with van der Waals surface area (Å²) in [5.74, 6) is -2.91. The number of aliphatic carboxylic acids is 1. The van der Waals surface area contributed by atoms with E-state index in [1.807, 2.05) is 0 Å². The van der Waals surface area contributed by atoms with Crippen molar-refractivity contribution in [1.82, 2.24) is 0 Å². The van der Waals surface area contributed by atoms with Crippen molar-refractivity contribution in [2.24, 2.45) is 5.92 Å². The highest BCUT2D eigenvalue weighted by atomic mass is 35.5. The van der Waals surface area contributed by atoms with Crippen molar-refractivity contribution in [2.45, 2.75) is 13.3 Å². The first kappa shape index (κ1) is 12.8. The van der Waals surface area contributed by atoms with Gasteiger partial charge < -0.3 is 10.0 Å². The number of carboxylic acid groups (broad SMARTS) is 1. The van der Waals surface area contributed by atoms with Gasteiger partial charge in [0, 0.05) is 13.0 Å². The number of carbonyl (C=O) groups excluding carboxylic acids is 1. The summed E-state index contributed by atoms with van der Waals surface area (Å²) >= 11 is 5.99. The van der Waals surface area contributed by atoms with Crippen molar-refractivity contribution in [3.63, 3.8) is 0 Å². The van der Waals surface area contributed by atoms with Crippen molar-refractivity contribution in [3.8, 4) is 0 Å². The van der Waals surface area contributed by atoms with Crippen molar-refractivity contribution in [3.05, 3.63) is 28.5 Å². The second kappa shape index (κ2) is 4.57. The maximum atomic E-state index is 13.8. The summed E-state index contributed by atoms with van der Waals surface area (Å²) in [4.78, 5) is 23.7. The molecule has 1 unspecified atom stereocenters. The summed E-state index contributed by atoms with van der Waals surface area (Å²) in [5.41, 5.74) is 0.616. The van der Waals surface area contributed by atoms with Crippen molar-refractivity contribution >= 4 is 29.2 Å². The van der Waals surface area contributed by atoms with Crippen LogP contribution in [0.15, 0.2) is 12.1 Å². The van der Waals surface area contributed by atoms with Gasteiger partial charge in [-0.2, -0.15) is 0 Å². The topological polar surface area (TPSA) is 57.6 Å². The molecular formula is C12H11ClFNO3. The lowest BCUT2D eigenvalue weighted by Crippen LogP contribution is -2.27. The van der Waals surface area contributed by atoms with Crippen LogP contribution in [0.1, 0.15) is 12.0 Å². The number of rotatable bonds is 2. The molecule has 2 rings (SSSR count). The summed E-state index contributed by atoms with van der Waals surface area (Å²) in [5, 5.41) is 9.03. The van der Waals surface area contributed by atoms with Crippen LogP contribution in [-0.2, 0) is 9.59 Å². The molecule has 1 amide bonds. The van der Waals surface area contributed by atoms with Crippen molar-refractivity contribution in [2.75, 3.05) is 11.4 Å². The van der Waals surface area contributed by atoms with Crippen LogP contribution in [0.2, 0.25) is 5.02 Å². The number of benzene rings is 1. The molecular weight excluding hydrogens is 261 g/mol. The first-order chi connectivity index (χ1) is 8.41. The number of halogens is 2. The van der Waals surface area contributed by atoms with Crippen LogP contribution in [0.5, 0.6) is 0 Å². The Morgan fingerprint density at radius 3 is 2.78 bits per heavy atom. The zero-order valence-corrected chi connectivity index (χ0v) is 10.4. The largest absolute Gasteiger partial charge is 0.481 e. The Kier molecular flexibility index (Phi) is 3.26. The number of carboxylic acids is 1. The zero-order valence-electron chi connectivity index (χ0n) is 9.61. The lowest BCUT2D eigenvalue weighted by Gasteiger charge is -2.19. The third-order valence-corrected chi connectivity index (χ3v) is 3.48. The van der Waals surface area contributed by atoms with E-state index < -0.39 is 23.6 Å². The van der Waals surface area contributed by atoms with Gasteiger partial charge in [-0.3, -0.25) is 9.59 Å². The Morgan fingerprint density at radius 2 is 2.22 bits per heavy atom. The van der Waals surface area contributed by atoms with Crippen LogP contribution in [0, 0.1) is 18.7 Å². The number of hydrogen-bond acceptors (Lipinski definition) is 2. The summed E-state index contributed by atoms with van der Waals surface area (Å²) in [6.07, 6.45) is -0.126. The molecule has 1 aliphatic heterocycles. The lowest BCUT2D eigenvalue weighted by molar-refractivity contribution is -0.141. The minimum atomic E-state index is -1.06. The molecule has 0 spiro atoms. The van der Waals surface area contributed by atoms with E-state index in [1.54, 1.807) is 6.92 Å². The molecule has 0 saturated carbocycles. The first-order valence-corrected chi connectivity index (χ1v) is 5.77. The molecule has 1 aliphatic rings. The lowest BCUT2D eigenvalue weighted by atomic mass is 10.1. The number of carbonyl (C=O) groups is 2. The second-order valence-corrected chi connectivity index (χ2v) is 4.65. The van der Waals surface area contributed by atoms with Gasteiger partial charge in [0.1, 0.15) is 5.82 Å². The number of amides is 1. The number of anilines is 1. The first-order valence-electron chi connectivity index (χ1n) is 5.39. The molecule has 0 aromatic heterocycles. The highest BCUT2D eigenvalue weighted by molar-refractivity contribution is 6.34. The maximum Gasteiger partial charge on any atom is 0.308 e. The van der Waals surface area contributed by atoms with Crippen LogP contribution in [0.4, 0.5) is 10.1 Å². The van der Waals surface area contributed by atoms with Gasteiger partial charge in [0.05, 0.1) is 16.6 Å². The van der Waals surface area contributed by atoms with Gasteiger partial charge in [0.25, 0.3) is 0 Å². The molecule has 1 fully saturated rings. The summed E-state index contributed by atoms with van der Waals surface area (Å²) in [7, 11) is 0. The number of nitrogens with zero attached hydrogens (tertiary/aromatic N) is 1. The summed E-state index contributed by atoms with van der Waals surface area (Å²) in [6, 6.07) is 2.73. The van der Waals surface area contributed by atoms with Crippen LogP contribution in [0.25, 0.3) is 0 Å². The molecule has 0 aliphatic carbocycles.